The van der Waals surface area contributed by atoms with E-state index >= 15 is 0 Å². The third-order valence-corrected chi connectivity index (χ3v) is 2.32. The molecule has 0 heterocycles. The van der Waals surface area contributed by atoms with Crippen molar-refractivity contribution in [2.75, 3.05) is 0 Å². The first-order chi connectivity index (χ1) is 8.43. The summed E-state index contributed by atoms with van der Waals surface area (Å²) in [5, 5.41) is 0. The second kappa shape index (κ2) is 13.0. The largest absolute Gasteiger partial charge is 0.466 e. The maximum Gasteiger partial charge on any atom is 0.466 e. The number of hydrogen-bond donors (Lipinski definition) is 3. The molecule has 0 unspecified atom stereocenters. The van der Waals surface area contributed by atoms with Crippen LogP contribution in [0.3, 0.4) is 0 Å². The molecule has 0 saturated heterocycles. The molecule has 0 amide bonds. The monoisotopic (exact) mass is 337 g/mol. The molecule has 106 valence electrons. The Bertz CT molecular complexity index is 331. The van der Waals surface area contributed by atoms with E-state index in [9.17, 15) is 0 Å². The van der Waals surface area contributed by atoms with E-state index in [1.54, 1.807) is 0 Å². The number of phosphoric acid groups is 1. The molecule has 0 saturated carbocycles. The van der Waals surface area contributed by atoms with Crippen LogP contribution in [-0.4, -0.2) is 14.7 Å². The third kappa shape index (κ3) is 20.4. The molecule has 0 fully saturated rings. The first kappa shape index (κ1) is 21.3. The topological polar surface area (TPSA) is 77.8 Å². The molecule has 0 spiro atoms. The van der Waals surface area contributed by atoms with Gasteiger partial charge >= 0.3 is 7.82 Å². The van der Waals surface area contributed by atoms with E-state index in [4.69, 9.17) is 19.2 Å². The SMILES string of the molecule is CCCCCCCc1[c-]cccc1.O=P(O)(O)O.[Zn]. The van der Waals surface area contributed by atoms with E-state index in [1.807, 2.05) is 12.1 Å². The molecule has 0 atom stereocenters. The molecule has 1 aromatic carbocycles. The molecular weight excluding hydrogens is 317 g/mol. The van der Waals surface area contributed by atoms with Crippen molar-refractivity contribution in [3.05, 3.63) is 35.9 Å². The summed E-state index contributed by atoms with van der Waals surface area (Å²) >= 11 is 0. The van der Waals surface area contributed by atoms with Crippen molar-refractivity contribution in [1.29, 1.82) is 0 Å². The normalized spacial score (nSPS) is 10.1. The van der Waals surface area contributed by atoms with E-state index in [1.165, 1.54) is 44.1 Å². The predicted molar refractivity (Wildman–Crippen MR) is 72.0 cm³/mol. The summed E-state index contributed by atoms with van der Waals surface area (Å²) in [5.41, 5.74) is 1.36. The number of rotatable bonds is 6. The minimum absolute atomic E-state index is 0. The standard InChI is InChI=1S/C13H19.H3O4P.Zn/c1-2-3-4-5-7-10-13-11-8-6-9-12-13;1-5(2,3)4;/h6,8-9,11H,2-5,7,10H2,1H3;(H3,1,2,3,4);/q-1;;. The van der Waals surface area contributed by atoms with Gasteiger partial charge in [0.1, 0.15) is 0 Å². The van der Waals surface area contributed by atoms with Gasteiger partial charge in [-0.15, -0.1) is 0 Å². The Morgan fingerprint density at radius 2 is 1.68 bits per heavy atom. The van der Waals surface area contributed by atoms with Gasteiger partial charge in [0.15, 0.2) is 0 Å². The zero-order valence-corrected chi connectivity index (χ0v) is 15.3. The van der Waals surface area contributed by atoms with Crippen LogP contribution in [0, 0.1) is 6.07 Å². The van der Waals surface area contributed by atoms with E-state index < -0.39 is 7.82 Å². The van der Waals surface area contributed by atoms with Gasteiger partial charge in [-0.3, -0.25) is 0 Å². The van der Waals surface area contributed by atoms with Gasteiger partial charge in [-0.25, -0.2) is 4.57 Å². The number of unbranched alkanes of at least 4 members (excludes halogenated alkanes) is 4. The number of benzene rings is 1. The van der Waals surface area contributed by atoms with Gasteiger partial charge in [-0.2, -0.15) is 35.9 Å². The molecule has 1 aromatic rings. The van der Waals surface area contributed by atoms with Crippen LogP contribution in [0.1, 0.15) is 44.6 Å². The van der Waals surface area contributed by atoms with Crippen LogP contribution >= 0.6 is 7.82 Å². The minimum atomic E-state index is -4.64. The van der Waals surface area contributed by atoms with E-state index in [0.717, 1.165) is 0 Å². The second-order valence-electron chi connectivity index (χ2n) is 4.07. The molecule has 0 aliphatic rings. The van der Waals surface area contributed by atoms with Gasteiger partial charge in [0, 0.05) is 19.5 Å². The maximum atomic E-state index is 8.88. The first-order valence-electron chi connectivity index (χ1n) is 6.17. The third-order valence-electron chi connectivity index (χ3n) is 2.32. The molecule has 3 N–H and O–H groups in total. The molecule has 0 radical (unpaired) electrons. The Hall–Kier alpha value is -0.0466. The van der Waals surface area contributed by atoms with Gasteiger partial charge in [0.25, 0.3) is 0 Å². The number of aryl methyl sites for hydroxylation is 1. The van der Waals surface area contributed by atoms with Crippen molar-refractivity contribution in [2.45, 2.75) is 45.4 Å². The molecule has 4 nitrogen and oxygen atoms in total. The summed E-state index contributed by atoms with van der Waals surface area (Å²) in [5.74, 6) is 0. The zero-order valence-electron chi connectivity index (χ0n) is 11.5. The van der Waals surface area contributed by atoms with Crippen molar-refractivity contribution in [3.8, 4) is 0 Å². The predicted octanol–water partition coefficient (Wildman–Crippen LogP) is 3.07. The molecule has 0 aliphatic carbocycles. The van der Waals surface area contributed by atoms with Crippen LogP contribution in [0.4, 0.5) is 0 Å². The molecule has 0 bridgehead atoms. The first-order valence-corrected chi connectivity index (χ1v) is 7.74. The molecule has 0 aliphatic heterocycles. The van der Waals surface area contributed by atoms with Crippen LogP contribution in [0.25, 0.3) is 0 Å². The smallest absolute Gasteiger partial charge is 0.303 e. The van der Waals surface area contributed by atoms with Crippen LogP contribution in [-0.2, 0) is 30.5 Å². The van der Waals surface area contributed by atoms with E-state index in [0.29, 0.717) is 0 Å². The fraction of sp³-hybridized carbons (Fsp3) is 0.538. The Kier molecular flexibility index (Phi) is 14.5. The van der Waals surface area contributed by atoms with Crippen molar-refractivity contribution < 1.29 is 38.7 Å². The van der Waals surface area contributed by atoms with Crippen LogP contribution in [0.15, 0.2) is 24.3 Å². The summed E-state index contributed by atoms with van der Waals surface area (Å²) in [6.07, 6.45) is 8.00. The van der Waals surface area contributed by atoms with Crippen molar-refractivity contribution in [1.82, 2.24) is 0 Å². The summed E-state index contributed by atoms with van der Waals surface area (Å²) in [6, 6.07) is 11.6. The molecule has 1 rings (SSSR count). The van der Waals surface area contributed by atoms with Crippen molar-refractivity contribution >= 4 is 7.82 Å². The fourth-order valence-electron chi connectivity index (χ4n) is 1.51. The maximum absolute atomic E-state index is 8.88. The molecular formula is C13H22O4PZn-. The average Bonchev–Trinajstić information content (AvgIpc) is 2.28. The Morgan fingerprint density at radius 3 is 2.16 bits per heavy atom. The Labute approximate surface area is 128 Å². The van der Waals surface area contributed by atoms with Crippen LogP contribution in [0.2, 0.25) is 0 Å². The second-order valence-corrected chi connectivity index (χ2v) is 5.09. The molecule has 0 aromatic heterocycles. The Balaban J connectivity index is 0. The van der Waals surface area contributed by atoms with Gasteiger partial charge in [-0.1, -0.05) is 45.4 Å². The van der Waals surface area contributed by atoms with Crippen molar-refractivity contribution in [2.24, 2.45) is 0 Å². The zero-order chi connectivity index (χ0) is 13.9. The van der Waals surface area contributed by atoms with E-state index in [-0.39, 0.29) is 19.5 Å². The van der Waals surface area contributed by atoms with Crippen molar-refractivity contribution in [3.63, 3.8) is 0 Å². The fourth-order valence-corrected chi connectivity index (χ4v) is 1.51. The van der Waals surface area contributed by atoms with Gasteiger partial charge < -0.3 is 14.7 Å². The number of hydrogen-bond acceptors (Lipinski definition) is 1. The van der Waals surface area contributed by atoms with Gasteiger partial charge in [0.2, 0.25) is 0 Å². The molecule has 6 heteroatoms. The van der Waals surface area contributed by atoms with E-state index in [2.05, 4.69) is 25.1 Å². The quantitative estimate of drug-likeness (QED) is 0.322. The average molecular weight is 339 g/mol. The summed E-state index contributed by atoms with van der Waals surface area (Å²) < 4.78 is 8.88. The summed E-state index contributed by atoms with van der Waals surface area (Å²) in [4.78, 5) is 21.6. The van der Waals surface area contributed by atoms with Crippen LogP contribution < -0.4 is 0 Å². The van der Waals surface area contributed by atoms with Gasteiger partial charge in [-0.05, 0) is 0 Å². The summed E-state index contributed by atoms with van der Waals surface area (Å²) in [6.45, 7) is 2.25. The summed E-state index contributed by atoms with van der Waals surface area (Å²) in [7, 11) is -4.64. The van der Waals surface area contributed by atoms with Crippen LogP contribution in [0.5, 0.6) is 0 Å². The Morgan fingerprint density at radius 1 is 1.11 bits per heavy atom. The van der Waals surface area contributed by atoms with Gasteiger partial charge in [0.05, 0.1) is 0 Å². The molecule has 19 heavy (non-hydrogen) atoms. The minimum Gasteiger partial charge on any atom is -0.303 e.